The van der Waals surface area contributed by atoms with Crippen molar-refractivity contribution < 1.29 is 14.6 Å². The molecule has 1 aliphatic rings. The van der Waals surface area contributed by atoms with Crippen molar-refractivity contribution in [1.29, 1.82) is 0 Å². The maximum Gasteiger partial charge on any atom is 0.125 e. The molecule has 0 amide bonds. The lowest BCUT2D eigenvalue weighted by Crippen LogP contribution is -2.43. The summed E-state index contributed by atoms with van der Waals surface area (Å²) in [6.07, 6.45) is 1.72. The van der Waals surface area contributed by atoms with Gasteiger partial charge >= 0.3 is 0 Å². The minimum Gasteiger partial charge on any atom is -0.493 e. The van der Waals surface area contributed by atoms with E-state index in [0.29, 0.717) is 13.0 Å². The summed E-state index contributed by atoms with van der Waals surface area (Å²) in [5, 5.41) is 10.6. The molecule has 2 unspecified atom stereocenters. The average molecular weight is 343 g/mol. The van der Waals surface area contributed by atoms with Gasteiger partial charge < -0.3 is 14.6 Å². The van der Waals surface area contributed by atoms with Gasteiger partial charge in [0.1, 0.15) is 5.75 Å². The third-order valence-electron chi connectivity index (χ3n) is 4.12. The van der Waals surface area contributed by atoms with E-state index in [1.807, 2.05) is 26.8 Å². The fourth-order valence-electron chi connectivity index (χ4n) is 2.69. The topological polar surface area (TPSA) is 38.7 Å². The van der Waals surface area contributed by atoms with Gasteiger partial charge in [-0.3, -0.25) is 0 Å². The number of hydrogen-bond acceptors (Lipinski definition) is 3. The molecule has 0 saturated heterocycles. The highest BCUT2D eigenvalue weighted by molar-refractivity contribution is 9.10. The highest BCUT2D eigenvalue weighted by atomic mass is 79.9. The van der Waals surface area contributed by atoms with Crippen LogP contribution in [0.5, 0.6) is 5.75 Å². The molecule has 0 saturated carbocycles. The minimum atomic E-state index is -0.546. The van der Waals surface area contributed by atoms with E-state index in [9.17, 15) is 5.11 Å². The second-order valence-corrected chi connectivity index (χ2v) is 6.39. The van der Waals surface area contributed by atoms with Crippen LogP contribution in [0.15, 0.2) is 16.6 Å². The molecule has 2 atom stereocenters. The molecule has 1 N–H and O–H groups in total. The van der Waals surface area contributed by atoms with E-state index in [0.717, 1.165) is 35.2 Å². The van der Waals surface area contributed by atoms with E-state index < -0.39 is 11.7 Å². The van der Waals surface area contributed by atoms with Crippen LogP contribution in [0.4, 0.5) is 0 Å². The van der Waals surface area contributed by atoms with E-state index in [-0.39, 0.29) is 0 Å². The molecule has 112 valence electrons. The first-order valence-electron chi connectivity index (χ1n) is 7.26. The van der Waals surface area contributed by atoms with Gasteiger partial charge in [0.2, 0.25) is 0 Å². The number of ether oxygens (including phenoxy) is 2. The molecule has 1 aliphatic heterocycles. The Bertz CT molecular complexity index is 475. The third-order valence-corrected chi connectivity index (χ3v) is 4.58. The van der Waals surface area contributed by atoms with Gasteiger partial charge in [-0.2, -0.15) is 0 Å². The van der Waals surface area contributed by atoms with E-state index >= 15 is 0 Å². The fourth-order valence-corrected chi connectivity index (χ4v) is 3.24. The van der Waals surface area contributed by atoms with E-state index in [2.05, 4.69) is 22.0 Å². The zero-order chi connectivity index (χ0) is 14.8. The molecular formula is C16H23BrO3. The van der Waals surface area contributed by atoms with Crippen LogP contribution in [0, 0.1) is 0 Å². The molecule has 20 heavy (non-hydrogen) atoms. The molecule has 0 radical (unpaired) electrons. The second-order valence-electron chi connectivity index (χ2n) is 5.47. The Labute approximate surface area is 129 Å². The number of rotatable bonds is 6. The van der Waals surface area contributed by atoms with E-state index in [1.165, 1.54) is 5.56 Å². The maximum absolute atomic E-state index is 10.6. The maximum atomic E-state index is 10.6. The van der Waals surface area contributed by atoms with Gasteiger partial charge in [-0.05, 0) is 43.5 Å². The summed E-state index contributed by atoms with van der Waals surface area (Å²) in [6.45, 7) is 7.31. The number of hydrogen-bond donors (Lipinski definition) is 1. The predicted molar refractivity (Wildman–Crippen MR) is 83.4 cm³/mol. The van der Waals surface area contributed by atoms with E-state index in [4.69, 9.17) is 9.47 Å². The van der Waals surface area contributed by atoms with Crippen LogP contribution < -0.4 is 4.74 Å². The average Bonchev–Trinajstić information content (AvgIpc) is 2.86. The number of halogens is 1. The van der Waals surface area contributed by atoms with Crippen molar-refractivity contribution in [2.75, 3.05) is 13.2 Å². The van der Waals surface area contributed by atoms with Crippen LogP contribution >= 0.6 is 15.9 Å². The van der Waals surface area contributed by atoms with Gasteiger partial charge in [-0.1, -0.05) is 22.9 Å². The molecule has 1 aromatic rings. The lowest BCUT2D eigenvalue weighted by molar-refractivity contribution is -0.110. The normalized spacial score (nSPS) is 18.2. The molecule has 4 heteroatoms. The van der Waals surface area contributed by atoms with Crippen LogP contribution in [0.25, 0.3) is 0 Å². The van der Waals surface area contributed by atoms with Crippen molar-refractivity contribution in [3.8, 4) is 5.75 Å². The summed E-state index contributed by atoms with van der Waals surface area (Å²) in [4.78, 5) is 0. The smallest absolute Gasteiger partial charge is 0.125 e. The third kappa shape index (κ3) is 3.18. The van der Waals surface area contributed by atoms with Crippen molar-refractivity contribution in [3.05, 3.63) is 27.7 Å². The molecule has 0 bridgehead atoms. The van der Waals surface area contributed by atoms with Gasteiger partial charge in [-0.25, -0.2) is 0 Å². The molecular weight excluding hydrogens is 320 g/mol. The molecule has 1 aromatic carbocycles. The lowest BCUT2D eigenvalue weighted by Gasteiger charge is -2.33. The summed E-state index contributed by atoms with van der Waals surface area (Å²) in [5.74, 6) is 0.946. The molecule has 2 rings (SSSR count). The Morgan fingerprint density at radius 1 is 1.45 bits per heavy atom. The molecule has 0 aliphatic carbocycles. The Hall–Kier alpha value is -0.580. The standard InChI is InChI=1S/C16H23BrO3/c1-4-16(3,20-5-2)14(18)10-12-9-13(17)8-11-6-7-19-15(11)12/h8-9,14,18H,4-7,10H2,1-3H3. The summed E-state index contributed by atoms with van der Waals surface area (Å²) < 4.78 is 12.5. The first kappa shape index (κ1) is 15.8. The van der Waals surface area contributed by atoms with Crippen molar-refractivity contribution >= 4 is 15.9 Å². The first-order chi connectivity index (χ1) is 9.50. The largest absolute Gasteiger partial charge is 0.493 e. The Morgan fingerprint density at radius 3 is 2.85 bits per heavy atom. The molecule has 0 fully saturated rings. The van der Waals surface area contributed by atoms with E-state index in [1.54, 1.807) is 0 Å². The van der Waals surface area contributed by atoms with Gasteiger partial charge in [-0.15, -0.1) is 0 Å². The number of aliphatic hydroxyl groups is 1. The Morgan fingerprint density at radius 2 is 2.20 bits per heavy atom. The summed E-state index contributed by atoms with van der Waals surface area (Å²) >= 11 is 3.54. The van der Waals surface area contributed by atoms with Gasteiger partial charge in [0.25, 0.3) is 0 Å². The predicted octanol–water partition coefficient (Wildman–Crippen LogP) is 3.49. The first-order valence-corrected chi connectivity index (χ1v) is 8.05. The highest BCUT2D eigenvalue weighted by Crippen LogP contribution is 2.35. The summed E-state index contributed by atoms with van der Waals surface area (Å²) in [6, 6.07) is 4.13. The van der Waals surface area contributed by atoms with Crippen molar-refractivity contribution in [2.24, 2.45) is 0 Å². The number of benzene rings is 1. The van der Waals surface area contributed by atoms with Crippen molar-refractivity contribution in [1.82, 2.24) is 0 Å². The molecule has 3 nitrogen and oxygen atoms in total. The minimum absolute atomic E-state index is 0.511. The zero-order valence-corrected chi connectivity index (χ0v) is 14.0. The summed E-state index contributed by atoms with van der Waals surface area (Å²) in [5.41, 5.74) is 1.76. The van der Waals surface area contributed by atoms with Crippen molar-refractivity contribution in [2.45, 2.75) is 51.7 Å². The quantitative estimate of drug-likeness (QED) is 0.859. The van der Waals surface area contributed by atoms with Crippen LogP contribution in [0.2, 0.25) is 0 Å². The molecule has 0 spiro atoms. The fraction of sp³-hybridized carbons (Fsp3) is 0.625. The van der Waals surface area contributed by atoms with Crippen LogP contribution in [-0.2, 0) is 17.6 Å². The van der Waals surface area contributed by atoms with Crippen LogP contribution in [0.1, 0.15) is 38.3 Å². The summed E-state index contributed by atoms with van der Waals surface area (Å²) in [7, 11) is 0. The number of aliphatic hydroxyl groups excluding tert-OH is 1. The SMILES string of the molecule is CCOC(C)(CC)C(O)Cc1cc(Br)cc2c1OCC2. The van der Waals surface area contributed by atoms with Crippen molar-refractivity contribution in [3.63, 3.8) is 0 Å². The molecule has 0 aromatic heterocycles. The number of fused-ring (bicyclic) bond motifs is 1. The Kier molecular flexibility index (Phi) is 5.10. The van der Waals surface area contributed by atoms with Gasteiger partial charge in [0.15, 0.2) is 0 Å². The van der Waals surface area contributed by atoms with Gasteiger partial charge in [0, 0.05) is 23.9 Å². The zero-order valence-electron chi connectivity index (χ0n) is 12.4. The Balaban J connectivity index is 2.21. The lowest BCUT2D eigenvalue weighted by atomic mass is 9.90. The monoisotopic (exact) mass is 342 g/mol. The van der Waals surface area contributed by atoms with Crippen LogP contribution in [0.3, 0.4) is 0 Å². The van der Waals surface area contributed by atoms with Gasteiger partial charge in [0.05, 0.1) is 18.3 Å². The van der Waals surface area contributed by atoms with Crippen LogP contribution in [-0.4, -0.2) is 30.0 Å². The molecule has 1 heterocycles. The highest BCUT2D eigenvalue weighted by Gasteiger charge is 2.33. The second kappa shape index (κ2) is 6.46.